The normalized spacial score (nSPS) is 11.6. The molecule has 0 aliphatic rings. The smallest absolute Gasteiger partial charge is 0.309 e. The predicted octanol–water partition coefficient (Wildman–Crippen LogP) is 5.55. The fourth-order valence-electron chi connectivity index (χ4n) is 4.56. The Morgan fingerprint density at radius 2 is 1.70 bits per heavy atom. The van der Waals surface area contributed by atoms with E-state index in [1.807, 2.05) is 47.9 Å². The maximum absolute atomic E-state index is 13.6. The third-order valence-electron chi connectivity index (χ3n) is 6.91. The molecule has 192 valence electrons. The average molecular weight is 501 g/mol. The second-order valence-corrected chi connectivity index (χ2v) is 9.98. The van der Waals surface area contributed by atoms with Gasteiger partial charge in [-0.2, -0.15) is 4.98 Å². The number of hydrogen-bond donors (Lipinski definition) is 2. The Balaban J connectivity index is 1.76. The molecule has 0 saturated heterocycles. The third kappa shape index (κ3) is 5.07. The first-order valence-electron chi connectivity index (χ1n) is 12.3. The van der Waals surface area contributed by atoms with Gasteiger partial charge in [-0.25, -0.2) is 0 Å². The van der Waals surface area contributed by atoms with E-state index in [-0.39, 0.29) is 24.5 Å². The lowest BCUT2D eigenvalue weighted by Gasteiger charge is -2.19. The maximum Gasteiger partial charge on any atom is 0.309 e. The Hall–Kier alpha value is -4.13. The number of methoxy groups -OCH3 is 1. The summed E-state index contributed by atoms with van der Waals surface area (Å²) >= 11 is 0. The Morgan fingerprint density at radius 3 is 2.30 bits per heavy atom. The SMILES string of the molecule is CCc1ccc(C(=O)c2c(C)n(Cc3ccc(CC(C)(C)C(=O)O)cc3O)c3nc(OC)ccc23)cc1. The number of carboxylic acid groups (broad SMARTS) is 1. The van der Waals surface area contributed by atoms with Crippen molar-refractivity contribution in [1.29, 1.82) is 0 Å². The summed E-state index contributed by atoms with van der Waals surface area (Å²) in [5.74, 6) is -0.503. The Morgan fingerprint density at radius 1 is 1.03 bits per heavy atom. The maximum atomic E-state index is 13.6. The second kappa shape index (κ2) is 10.1. The molecule has 7 heteroatoms. The molecule has 2 N–H and O–H groups in total. The van der Waals surface area contributed by atoms with E-state index in [0.29, 0.717) is 33.6 Å². The number of carbonyl (C=O) groups is 2. The predicted molar refractivity (Wildman–Crippen MR) is 143 cm³/mol. The number of hydrogen-bond acceptors (Lipinski definition) is 5. The lowest BCUT2D eigenvalue weighted by atomic mass is 9.85. The van der Waals surface area contributed by atoms with E-state index in [1.54, 1.807) is 39.2 Å². The van der Waals surface area contributed by atoms with Crippen LogP contribution in [0.15, 0.2) is 54.6 Å². The summed E-state index contributed by atoms with van der Waals surface area (Å²) in [5, 5.41) is 21.0. The number of phenols is 1. The van der Waals surface area contributed by atoms with Crippen LogP contribution in [0.1, 0.15) is 59.1 Å². The van der Waals surface area contributed by atoms with Gasteiger partial charge in [0.25, 0.3) is 0 Å². The van der Waals surface area contributed by atoms with Crippen molar-refractivity contribution in [1.82, 2.24) is 9.55 Å². The first-order valence-corrected chi connectivity index (χ1v) is 12.3. The van der Waals surface area contributed by atoms with E-state index < -0.39 is 11.4 Å². The highest BCUT2D eigenvalue weighted by molar-refractivity contribution is 6.17. The molecule has 0 fully saturated rings. The van der Waals surface area contributed by atoms with Gasteiger partial charge in [0, 0.05) is 28.3 Å². The van der Waals surface area contributed by atoms with Gasteiger partial charge < -0.3 is 19.5 Å². The van der Waals surface area contributed by atoms with Gasteiger partial charge >= 0.3 is 5.97 Å². The number of aromatic nitrogens is 2. The molecule has 0 spiro atoms. The van der Waals surface area contributed by atoms with Gasteiger partial charge in [0.2, 0.25) is 5.88 Å². The van der Waals surface area contributed by atoms with Crippen molar-refractivity contribution >= 4 is 22.8 Å². The van der Waals surface area contributed by atoms with E-state index in [2.05, 4.69) is 11.9 Å². The van der Waals surface area contributed by atoms with Gasteiger partial charge in [-0.05, 0) is 56.9 Å². The number of phenolic OH excluding ortho intramolecular Hbond substituents is 1. The molecular weight excluding hydrogens is 468 g/mol. The summed E-state index contributed by atoms with van der Waals surface area (Å²) in [6.45, 7) is 7.54. The minimum atomic E-state index is -0.952. The van der Waals surface area contributed by atoms with Crippen LogP contribution < -0.4 is 4.74 Å². The van der Waals surface area contributed by atoms with Crippen LogP contribution in [0.4, 0.5) is 0 Å². The van der Waals surface area contributed by atoms with E-state index in [1.165, 1.54) is 0 Å². The van der Waals surface area contributed by atoms with E-state index >= 15 is 0 Å². The molecule has 2 heterocycles. The van der Waals surface area contributed by atoms with Gasteiger partial charge in [0.1, 0.15) is 11.4 Å². The average Bonchev–Trinajstić information content (AvgIpc) is 3.15. The molecule has 2 aromatic heterocycles. The van der Waals surface area contributed by atoms with Crippen LogP contribution in [0.25, 0.3) is 11.0 Å². The molecule has 0 amide bonds. The number of aromatic hydroxyl groups is 1. The summed E-state index contributed by atoms with van der Waals surface area (Å²) in [7, 11) is 1.54. The topological polar surface area (TPSA) is 102 Å². The monoisotopic (exact) mass is 500 g/mol. The molecule has 0 unspecified atom stereocenters. The van der Waals surface area contributed by atoms with Crippen LogP contribution in [0, 0.1) is 12.3 Å². The minimum absolute atomic E-state index is 0.0610. The van der Waals surface area contributed by atoms with Gasteiger partial charge in [-0.3, -0.25) is 9.59 Å². The van der Waals surface area contributed by atoms with Crippen molar-refractivity contribution in [3.05, 3.63) is 88.1 Å². The number of ketones is 1. The number of fused-ring (bicyclic) bond motifs is 1. The number of ether oxygens (including phenoxy) is 1. The van der Waals surface area contributed by atoms with E-state index in [9.17, 15) is 19.8 Å². The van der Waals surface area contributed by atoms with Crippen LogP contribution >= 0.6 is 0 Å². The zero-order valence-electron chi connectivity index (χ0n) is 21.8. The highest BCUT2D eigenvalue weighted by Gasteiger charge is 2.28. The molecule has 0 aliphatic heterocycles. The fraction of sp³-hybridized carbons (Fsp3) is 0.300. The summed E-state index contributed by atoms with van der Waals surface area (Å²) in [6.07, 6.45) is 1.18. The van der Waals surface area contributed by atoms with Crippen LogP contribution in [0.2, 0.25) is 0 Å². The van der Waals surface area contributed by atoms with Gasteiger partial charge in [-0.1, -0.05) is 43.3 Å². The van der Waals surface area contributed by atoms with Crippen molar-refractivity contribution in [2.45, 2.75) is 47.1 Å². The molecular formula is C30H32N2O5. The summed E-state index contributed by atoms with van der Waals surface area (Å²) in [6, 6.07) is 16.4. The number of carboxylic acids is 1. The van der Waals surface area contributed by atoms with Crippen molar-refractivity contribution in [2.24, 2.45) is 5.41 Å². The number of aryl methyl sites for hydroxylation is 1. The summed E-state index contributed by atoms with van der Waals surface area (Å²) in [5.41, 5.74) is 4.05. The quantitative estimate of drug-likeness (QED) is 0.292. The largest absolute Gasteiger partial charge is 0.508 e. The Labute approximate surface area is 216 Å². The second-order valence-electron chi connectivity index (χ2n) is 9.98. The van der Waals surface area contributed by atoms with Gasteiger partial charge in [0.15, 0.2) is 5.78 Å². The van der Waals surface area contributed by atoms with Crippen LogP contribution in [-0.2, 0) is 24.2 Å². The van der Waals surface area contributed by atoms with Crippen LogP contribution in [0.3, 0.4) is 0 Å². The molecule has 0 radical (unpaired) electrons. The molecule has 0 saturated carbocycles. The Bertz CT molecular complexity index is 1480. The van der Waals surface area contributed by atoms with Crippen molar-refractivity contribution in [3.63, 3.8) is 0 Å². The number of pyridine rings is 1. The standard InChI is InChI=1S/C30H32N2O5/c1-6-19-7-10-21(11-8-19)27(34)26-18(2)32(28-23(26)13-14-25(31-28)37-5)17-22-12-9-20(15-24(22)33)16-30(3,4)29(35)36/h7-15,33H,6,16-17H2,1-5H3,(H,35,36). The summed E-state index contributed by atoms with van der Waals surface area (Å²) in [4.78, 5) is 29.8. The zero-order chi connectivity index (χ0) is 26.9. The number of carbonyl (C=O) groups excluding carboxylic acids is 1. The van der Waals surface area contributed by atoms with E-state index in [0.717, 1.165) is 23.2 Å². The molecule has 37 heavy (non-hydrogen) atoms. The Kier molecular flexibility index (Phi) is 7.07. The highest BCUT2D eigenvalue weighted by atomic mass is 16.5. The van der Waals surface area contributed by atoms with Crippen LogP contribution in [-0.4, -0.2) is 38.6 Å². The number of benzene rings is 2. The number of nitrogens with zero attached hydrogens (tertiary/aromatic N) is 2. The third-order valence-corrected chi connectivity index (χ3v) is 6.91. The molecule has 0 atom stereocenters. The lowest BCUT2D eigenvalue weighted by Crippen LogP contribution is -2.26. The number of rotatable bonds is 9. The van der Waals surface area contributed by atoms with Crippen molar-refractivity contribution < 1.29 is 24.5 Å². The van der Waals surface area contributed by atoms with Crippen molar-refractivity contribution in [2.75, 3.05) is 7.11 Å². The summed E-state index contributed by atoms with van der Waals surface area (Å²) < 4.78 is 7.25. The van der Waals surface area contributed by atoms with Crippen LogP contribution in [0.5, 0.6) is 11.6 Å². The highest BCUT2D eigenvalue weighted by Crippen LogP contribution is 2.32. The minimum Gasteiger partial charge on any atom is -0.508 e. The molecule has 4 rings (SSSR count). The molecule has 4 aromatic rings. The first-order chi connectivity index (χ1) is 17.6. The lowest BCUT2D eigenvalue weighted by molar-refractivity contribution is -0.146. The van der Waals surface area contributed by atoms with Crippen molar-refractivity contribution in [3.8, 4) is 11.6 Å². The number of aliphatic carboxylic acids is 1. The molecule has 7 nitrogen and oxygen atoms in total. The molecule has 2 aromatic carbocycles. The zero-order valence-corrected chi connectivity index (χ0v) is 21.8. The van der Waals surface area contributed by atoms with Gasteiger partial charge in [-0.15, -0.1) is 0 Å². The van der Waals surface area contributed by atoms with E-state index in [4.69, 9.17) is 4.74 Å². The van der Waals surface area contributed by atoms with Gasteiger partial charge in [0.05, 0.1) is 24.6 Å². The first kappa shape index (κ1) is 25.9. The fourth-order valence-corrected chi connectivity index (χ4v) is 4.56. The molecule has 0 bridgehead atoms. The molecule has 0 aliphatic carbocycles.